The van der Waals surface area contributed by atoms with E-state index in [2.05, 4.69) is 59.9 Å². The summed E-state index contributed by atoms with van der Waals surface area (Å²) in [7, 11) is 0. The van der Waals surface area contributed by atoms with E-state index >= 15 is 0 Å². The molecule has 1 saturated heterocycles. The Morgan fingerprint density at radius 2 is 1.45 bits per heavy atom. The van der Waals surface area contributed by atoms with Crippen LogP contribution in [0.25, 0.3) is 0 Å². The molecule has 0 saturated carbocycles. The monoisotopic (exact) mass is 263 g/mol. The summed E-state index contributed by atoms with van der Waals surface area (Å²) in [5, 5.41) is 3.91. The highest BCUT2D eigenvalue weighted by Crippen LogP contribution is 2.37. The Labute approximate surface area is 121 Å². The van der Waals surface area contributed by atoms with Gasteiger partial charge >= 0.3 is 0 Å². The van der Waals surface area contributed by atoms with E-state index in [1.165, 1.54) is 31.2 Å². The molecule has 3 atom stereocenters. The van der Waals surface area contributed by atoms with Crippen molar-refractivity contribution in [3.05, 3.63) is 71.3 Å². The summed E-state index contributed by atoms with van der Waals surface area (Å²) < 4.78 is 0. The van der Waals surface area contributed by atoms with Crippen molar-refractivity contribution < 1.29 is 0 Å². The zero-order valence-corrected chi connectivity index (χ0v) is 11.8. The van der Waals surface area contributed by atoms with E-state index in [1.807, 2.05) is 0 Å². The first-order valence-corrected chi connectivity index (χ1v) is 7.78. The fourth-order valence-electron chi connectivity index (χ4n) is 3.97. The zero-order valence-electron chi connectivity index (χ0n) is 11.8. The van der Waals surface area contributed by atoms with Gasteiger partial charge in [-0.2, -0.15) is 0 Å². The Morgan fingerprint density at radius 1 is 0.750 bits per heavy atom. The first-order valence-electron chi connectivity index (χ1n) is 7.78. The lowest BCUT2D eigenvalue weighted by atomic mass is 9.75. The summed E-state index contributed by atoms with van der Waals surface area (Å²) in [6.07, 6.45) is 5.08. The molecule has 1 N–H and O–H groups in total. The van der Waals surface area contributed by atoms with Crippen LogP contribution in [0.4, 0.5) is 0 Å². The lowest BCUT2D eigenvalue weighted by Crippen LogP contribution is -2.45. The van der Waals surface area contributed by atoms with Crippen LogP contribution in [0.5, 0.6) is 0 Å². The van der Waals surface area contributed by atoms with Crippen molar-refractivity contribution in [3.8, 4) is 0 Å². The molecular formula is C19H21N. The van der Waals surface area contributed by atoms with Crippen molar-refractivity contribution in [1.29, 1.82) is 0 Å². The van der Waals surface area contributed by atoms with Gasteiger partial charge in [-0.05, 0) is 48.3 Å². The highest BCUT2D eigenvalue weighted by molar-refractivity contribution is 5.31. The molecule has 1 fully saturated rings. The number of piperidine rings is 1. The molecule has 0 aromatic heterocycles. The van der Waals surface area contributed by atoms with Gasteiger partial charge in [0.15, 0.2) is 0 Å². The third-order valence-electron chi connectivity index (χ3n) is 5.00. The van der Waals surface area contributed by atoms with Crippen molar-refractivity contribution in [2.75, 3.05) is 0 Å². The molecule has 2 aliphatic heterocycles. The number of nitrogens with one attached hydrogen (secondary N) is 1. The van der Waals surface area contributed by atoms with Crippen molar-refractivity contribution in [2.24, 2.45) is 5.92 Å². The van der Waals surface area contributed by atoms with E-state index < -0.39 is 0 Å². The Kier molecular flexibility index (Phi) is 3.08. The average Bonchev–Trinajstić information content (AvgIpc) is 2.48. The van der Waals surface area contributed by atoms with E-state index in [-0.39, 0.29) is 0 Å². The maximum absolute atomic E-state index is 3.91. The quantitative estimate of drug-likeness (QED) is 0.823. The molecule has 1 nitrogen and oxygen atoms in total. The Morgan fingerprint density at radius 3 is 2.25 bits per heavy atom. The fraction of sp³-hybridized carbons (Fsp3) is 0.368. The molecule has 1 aliphatic carbocycles. The predicted octanol–water partition coefficient (Wildman–Crippen LogP) is 3.89. The van der Waals surface area contributed by atoms with Gasteiger partial charge in [0.2, 0.25) is 0 Å². The SMILES string of the molecule is c1ccc([C@@H]2N[C@H]3CC[C@@H]2Cc2ccccc2C3)cc1. The predicted molar refractivity (Wildman–Crippen MR) is 82.7 cm³/mol. The van der Waals surface area contributed by atoms with E-state index in [0.717, 1.165) is 5.92 Å². The van der Waals surface area contributed by atoms with Crippen LogP contribution in [-0.4, -0.2) is 6.04 Å². The molecule has 0 spiro atoms. The molecule has 2 aromatic carbocycles. The lowest BCUT2D eigenvalue weighted by molar-refractivity contribution is 0.221. The van der Waals surface area contributed by atoms with Crippen molar-refractivity contribution in [2.45, 2.75) is 37.8 Å². The highest BCUT2D eigenvalue weighted by Gasteiger charge is 2.33. The van der Waals surface area contributed by atoms with Gasteiger partial charge in [-0.1, -0.05) is 54.6 Å². The minimum Gasteiger partial charge on any atom is -0.307 e. The van der Waals surface area contributed by atoms with Gasteiger partial charge < -0.3 is 5.32 Å². The topological polar surface area (TPSA) is 12.0 Å². The molecule has 2 bridgehead atoms. The van der Waals surface area contributed by atoms with Crippen LogP contribution in [0.2, 0.25) is 0 Å². The first kappa shape index (κ1) is 12.2. The number of fused-ring (bicyclic) bond motifs is 2. The van der Waals surface area contributed by atoms with Gasteiger partial charge in [0.05, 0.1) is 0 Å². The number of hydrogen-bond acceptors (Lipinski definition) is 1. The van der Waals surface area contributed by atoms with E-state index in [1.54, 1.807) is 11.1 Å². The minimum atomic E-state index is 0.531. The summed E-state index contributed by atoms with van der Waals surface area (Å²) >= 11 is 0. The molecule has 1 heteroatoms. The van der Waals surface area contributed by atoms with Gasteiger partial charge in [-0.15, -0.1) is 0 Å². The molecule has 102 valence electrons. The normalized spacial score (nSPS) is 28.5. The van der Waals surface area contributed by atoms with Crippen molar-refractivity contribution in [1.82, 2.24) is 5.32 Å². The highest BCUT2D eigenvalue weighted by atomic mass is 15.0. The number of benzene rings is 2. The maximum Gasteiger partial charge on any atom is 0.0354 e. The van der Waals surface area contributed by atoms with Crippen LogP contribution >= 0.6 is 0 Å². The lowest BCUT2D eigenvalue weighted by Gasteiger charge is -2.41. The molecule has 20 heavy (non-hydrogen) atoms. The molecule has 2 aromatic rings. The molecule has 0 radical (unpaired) electrons. The summed E-state index contributed by atoms with van der Waals surface area (Å²) in [6, 6.07) is 21.2. The van der Waals surface area contributed by atoms with Crippen molar-refractivity contribution >= 4 is 0 Å². The van der Waals surface area contributed by atoms with Crippen LogP contribution in [0, 0.1) is 5.92 Å². The van der Waals surface area contributed by atoms with E-state index in [4.69, 9.17) is 0 Å². The Hall–Kier alpha value is -1.60. The third-order valence-corrected chi connectivity index (χ3v) is 5.00. The van der Waals surface area contributed by atoms with Crippen LogP contribution in [-0.2, 0) is 12.8 Å². The van der Waals surface area contributed by atoms with E-state index in [0.29, 0.717) is 12.1 Å². The van der Waals surface area contributed by atoms with Crippen LogP contribution in [0.3, 0.4) is 0 Å². The second kappa shape index (κ2) is 5.06. The molecular weight excluding hydrogens is 242 g/mol. The summed E-state index contributed by atoms with van der Waals surface area (Å²) in [5.41, 5.74) is 4.59. The first-order chi connectivity index (χ1) is 9.90. The van der Waals surface area contributed by atoms with E-state index in [9.17, 15) is 0 Å². The molecule has 0 unspecified atom stereocenters. The smallest absolute Gasteiger partial charge is 0.0354 e. The Balaban J connectivity index is 1.70. The fourth-order valence-corrected chi connectivity index (χ4v) is 3.97. The second-order valence-electron chi connectivity index (χ2n) is 6.27. The summed E-state index contributed by atoms with van der Waals surface area (Å²) in [6.45, 7) is 0. The van der Waals surface area contributed by atoms with Gasteiger partial charge in [-0.25, -0.2) is 0 Å². The van der Waals surface area contributed by atoms with Crippen LogP contribution < -0.4 is 5.32 Å². The number of hydrogen-bond donors (Lipinski definition) is 1. The van der Waals surface area contributed by atoms with Crippen molar-refractivity contribution in [3.63, 3.8) is 0 Å². The average molecular weight is 263 g/mol. The number of rotatable bonds is 1. The maximum atomic E-state index is 3.91. The van der Waals surface area contributed by atoms with Gasteiger partial charge in [0.25, 0.3) is 0 Å². The molecule has 3 aliphatic rings. The molecule has 0 amide bonds. The Bertz CT molecular complexity index is 590. The van der Waals surface area contributed by atoms with Crippen LogP contribution in [0.1, 0.15) is 35.6 Å². The van der Waals surface area contributed by atoms with Gasteiger partial charge in [0, 0.05) is 12.1 Å². The summed E-state index contributed by atoms with van der Waals surface area (Å²) in [5.74, 6) is 0.732. The second-order valence-corrected chi connectivity index (χ2v) is 6.27. The third kappa shape index (κ3) is 2.16. The molecule has 2 heterocycles. The minimum absolute atomic E-state index is 0.531. The standard InChI is InChI=1S/C19H21N/c1-2-6-14(7-3-1)19-17-10-11-18(20-19)13-16-9-5-4-8-15(16)12-17/h1-9,17-20H,10-13H2/t17-,18+,19+/m1/s1. The van der Waals surface area contributed by atoms with Gasteiger partial charge in [-0.3, -0.25) is 0 Å². The van der Waals surface area contributed by atoms with Crippen LogP contribution in [0.15, 0.2) is 54.6 Å². The largest absolute Gasteiger partial charge is 0.307 e. The summed E-state index contributed by atoms with van der Waals surface area (Å²) in [4.78, 5) is 0. The zero-order chi connectivity index (χ0) is 13.4. The van der Waals surface area contributed by atoms with Gasteiger partial charge in [0.1, 0.15) is 0 Å². The molecule has 5 rings (SSSR count).